The second-order valence-electron chi connectivity index (χ2n) is 5.75. The summed E-state index contributed by atoms with van der Waals surface area (Å²) in [6.45, 7) is 0.601. The van der Waals surface area contributed by atoms with Gasteiger partial charge in [0, 0.05) is 24.8 Å². The Labute approximate surface area is 117 Å². The summed E-state index contributed by atoms with van der Waals surface area (Å²) in [6, 6.07) is 6.72. The Morgan fingerprint density at radius 2 is 2.00 bits per heavy atom. The molecular formula is C15H18N4O. The predicted octanol–water partition coefficient (Wildman–Crippen LogP) is 1.52. The molecule has 2 aliphatic rings. The van der Waals surface area contributed by atoms with E-state index < -0.39 is 0 Å². The van der Waals surface area contributed by atoms with E-state index >= 15 is 0 Å². The molecule has 5 heteroatoms. The maximum Gasteiger partial charge on any atom is 0.264 e. The Bertz CT molecular complexity index is 701. The van der Waals surface area contributed by atoms with Crippen LogP contribution in [0.15, 0.2) is 29.2 Å². The summed E-state index contributed by atoms with van der Waals surface area (Å²) in [5, 5.41) is 6.82. The molecule has 2 saturated carbocycles. The first-order valence-electron chi connectivity index (χ1n) is 7.31. The van der Waals surface area contributed by atoms with E-state index in [9.17, 15) is 4.79 Å². The van der Waals surface area contributed by atoms with Crippen LogP contribution in [-0.4, -0.2) is 21.5 Å². The average molecular weight is 270 g/mol. The van der Waals surface area contributed by atoms with Crippen molar-refractivity contribution in [2.45, 2.75) is 44.3 Å². The van der Waals surface area contributed by atoms with Crippen LogP contribution in [0.1, 0.15) is 31.2 Å². The molecule has 2 fully saturated rings. The van der Waals surface area contributed by atoms with E-state index in [0.717, 1.165) is 11.4 Å². The standard InChI is InChI=1S/C15H18N4O/c20-15-12(9-16-10-4-5-10)14(17-11-6-7-11)18-13-3-1-2-8-19(13)15/h1-3,8,10-11,16-17H,4-7,9H2. The van der Waals surface area contributed by atoms with Crippen molar-refractivity contribution in [2.75, 3.05) is 5.32 Å². The Kier molecular flexibility index (Phi) is 2.73. The Balaban J connectivity index is 1.77. The molecular weight excluding hydrogens is 252 g/mol. The second kappa shape index (κ2) is 4.59. The molecule has 0 unspecified atom stereocenters. The maximum absolute atomic E-state index is 12.6. The van der Waals surface area contributed by atoms with Gasteiger partial charge in [0.25, 0.3) is 5.56 Å². The van der Waals surface area contributed by atoms with Gasteiger partial charge in [0.2, 0.25) is 0 Å². The first-order chi connectivity index (χ1) is 9.81. The van der Waals surface area contributed by atoms with Crippen LogP contribution in [-0.2, 0) is 6.54 Å². The molecule has 2 heterocycles. The number of nitrogens with one attached hydrogen (secondary N) is 2. The Morgan fingerprint density at radius 3 is 2.75 bits per heavy atom. The normalized spacial score (nSPS) is 18.4. The molecule has 2 aromatic rings. The minimum atomic E-state index is 0.0342. The highest BCUT2D eigenvalue weighted by Crippen LogP contribution is 2.25. The highest BCUT2D eigenvalue weighted by molar-refractivity contribution is 5.52. The number of aromatic nitrogens is 2. The lowest BCUT2D eigenvalue weighted by molar-refractivity contribution is 0.678. The molecule has 0 bridgehead atoms. The number of pyridine rings is 1. The molecule has 0 radical (unpaired) electrons. The van der Waals surface area contributed by atoms with Crippen LogP contribution in [0.5, 0.6) is 0 Å². The van der Waals surface area contributed by atoms with Gasteiger partial charge in [0.05, 0.1) is 5.56 Å². The molecule has 2 N–H and O–H groups in total. The molecule has 0 amide bonds. The minimum Gasteiger partial charge on any atom is -0.367 e. The predicted molar refractivity (Wildman–Crippen MR) is 78.0 cm³/mol. The molecule has 2 aromatic heterocycles. The van der Waals surface area contributed by atoms with Crippen molar-refractivity contribution in [3.8, 4) is 0 Å². The van der Waals surface area contributed by atoms with Crippen molar-refractivity contribution < 1.29 is 0 Å². The molecule has 0 atom stereocenters. The van der Waals surface area contributed by atoms with Gasteiger partial charge in [0.15, 0.2) is 0 Å². The Morgan fingerprint density at radius 1 is 1.20 bits per heavy atom. The molecule has 0 spiro atoms. The third kappa shape index (κ3) is 2.29. The van der Waals surface area contributed by atoms with Crippen molar-refractivity contribution in [1.82, 2.24) is 14.7 Å². The average Bonchev–Trinajstić information content (AvgIpc) is 3.33. The van der Waals surface area contributed by atoms with E-state index in [1.807, 2.05) is 18.2 Å². The fraction of sp³-hybridized carbons (Fsp3) is 0.467. The molecule has 4 rings (SSSR count). The van der Waals surface area contributed by atoms with Crippen molar-refractivity contribution in [3.05, 3.63) is 40.3 Å². The van der Waals surface area contributed by atoms with E-state index in [0.29, 0.717) is 24.3 Å². The third-order valence-electron chi connectivity index (χ3n) is 3.89. The summed E-state index contributed by atoms with van der Waals surface area (Å²) >= 11 is 0. The molecule has 104 valence electrons. The van der Waals surface area contributed by atoms with Crippen molar-refractivity contribution in [1.29, 1.82) is 0 Å². The van der Waals surface area contributed by atoms with Crippen molar-refractivity contribution >= 4 is 11.5 Å². The van der Waals surface area contributed by atoms with Gasteiger partial charge >= 0.3 is 0 Å². The molecule has 20 heavy (non-hydrogen) atoms. The summed E-state index contributed by atoms with van der Waals surface area (Å²) in [7, 11) is 0. The molecule has 2 aliphatic carbocycles. The minimum absolute atomic E-state index is 0.0342. The number of anilines is 1. The van der Waals surface area contributed by atoms with Crippen LogP contribution in [0.3, 0.4) is 0 Å². The lowest BCUT2D eigenvalue weighted by Gasteiger charge is -2.12. The van der Waals surface area contributed by atoms with Crippen LogP contribution in [0.25, 0.3) is 5.65 Å². The summed E-state index contributed by atoms with van der Waals surface area (Å²) in [5.74, 6) is 0.761. The summed E-state index contributed by atoms with van der Waals surface area (Å²) in [5.41, 5.74) is 1.50. The first-order valence-corrected chi connectivity index (χ1v) is 7.31. The Hall–Kier alpha value is -1.88. The fourth-order valence-corrected chi connectivity index (χ4v) is 2.36. The van der Waals surface area contributed by atoms with Gasteiger partial charge in [-0.15, -0.1) is 0 Å². The zero-order valence-corrected chi connectivity index (χ0v) is 11.3. The van der Waals surface area contributed by atoms with Gasteiger partial charge in [-0.25, -0.2) is 4.98 Å². The fourth-order valence-electron chi connectivity index (χ4n) is 2.36. The number of rotatable bonds is 5. The van der Waals surface area contributed by atoms with Gasteiger partial charge in [-0.2, -0.15) is 0 Å². The smallest absolute Gasteiger partial charge is 0.264 e. The first kappa shape index (κ1) is 11.9. The lowest BCUT2D eigenvalue weighted by atomic mass is 10.2. The molecule has 0 aromatic carbocycles. The molecule has 0 aliphatic heterocycles. The van der Waals surface area contributed by atoms with E-state index in [-0.39, 0.29) is 5.56 Å². The highest BCUT2D eigenvalue weighted by Gasteiger charge is 2.25. The van der Waals surface area contributed by atoms with E-state index in [1.165, 1.54) is 25.7 Å². The van der Waals surface area contributed by atoms with Crippen LogP contribution < -0.4 is 16.2 Å². The van der Waals surface area contributed by atoms with Gasteiger partial charge in [-0.1, -0.05) is 6.07 Å². The SMILES string of the molecule is O=c1c(CNC2CC2)c(NC2CC2)nc2ccccn12. The highest BCUT2D eigenvalue weighted by atomic mass is 16.1. The van der Waals surface area contributed by atoms with Crippen LogP contribution in [0.2, 0.25) is 0 Å². The van der Waals surface area contributed by atoms with E-state index in [2.05, 4.69) is 15.6 Å². The van der Waals surface area contributed by atoms with Crippen LogP contribution in [0.4, 0.5) is 5.82 Å². The molecule has 0 saturated heterocycles. The van der Waals surface area contributed by atoms with E-state index in [4.69, 9.17) is 0 Å². The van der Waals surface area contributed by atoms with Crippen LogP contribution in [0, 0.1) is 0 Å². The number of hydrogen-bond acceptors (Lipinski definition) is 4. The van der Waals surface area contributed by atoms with Crippen molar-refractivity contribution in [3.63, 3.8) is 0 Å². The van der Waals surface area contributed by atoms with Gasteiger partial charge < -0.3 is 10.6 Å². The molecule has 5 nitrogen and oxygen atoms in total. The maximum atomic E-state index is 12.6. The second-order valence-corrected chi connectivity index (χ2v) is 5.75. The summed E-state index contributed by atoms with van der Waals surface area (Å²) < 4.78 is 1.63. The zero-order chi connectivity index (χ0) is 13.5. The number of fused-ring (bicyclic) bond motifs is 1. The van der Waals surface area contributed by atoms with E-state index in [1.54, 1.807) is 10.6 Å². The third-order valence-corrected chi connectivity index (χ3v) is 3.89. The van der Waals surface area contributed by atoms with Crippen LogP contribution >= 0.6 is 0 Å². The van der Waals surface area contributed by atoms with Crippen molar-refractivity contribution in [2.24, 2.45) is 0 Å². The summed E-state index contributed by atoms with van der Waals surface area (Å²) in [4.78, 5) is 17.3. The summed E-state index contributed by atoms with van der Waals surface area (Å²) in [6.07, 6.45) is 6.56. The van der Waals surface area contributed by atoms with Gasteiger partial charge in [-0.05, 0) is 37.8 Å². The quantitative estimate of drug-likeness (QED) is 0.865. The zero-order valence-electron chi connectivity index (χ0n) is 11.3. The number of nitrogens with zero attached hydrogens (tertiary/aromatic N) is 2. The lowest BCUT2D eigenvalue weighted by Crippen LogP contribution is -2.28. The van der Waals surface area contributed by atoms with Gasteiger partial charge in [0.1, 0.15) is 11.5 Å². The number of hydrogen-bond donors (Lipinski definition) is 2. The largest absolute Gasteiger partial charge is 0.367 e. The monoisotopic (exact) mass is 270 g/mol. The van der Waals surface area contributed by atoms with Gasteiger partial charge in [-0.3, -0.25) is 9.20 Å². The topological polar surface area (TPSA) is 58.4 Å².